The van der Waals surface area contributed by atoms with Crippen LogP contribution in [0.25, 0.3) is 0 Å². The van der Waals surface area contributed by atoms with Gasteiger partial charge in [-0.1, -0.05) is 19.9 Å². The Morgan fingerprint density at radius 2 is 1.88 bits per heavy atom. The van der Waals surface area contributed by atoms with Gasteiger partial charge in [0.25, 0.3) is 0 Å². The number of rotatable bonds is 7. The van der Waals surface area contributed by atoms with Crippen LogP contribution >= 0.6 is 0 Å². The van der Waals surface area contributed by atoms with Gasteiger partial charge in [-0.15, -0.1) is 0 Å². The lowest BCUT2D eigenvalue weighted by atomic mass is 9.94. The maximum atomic E-state index is 12.5. The summed E-state index contributed by atoms with van der Waals surface area (Å²) in [7, 11) is -3.68. The molecule has 132 valence electrons. The third-order valence-corrected chi connectivity index (χ3v) is 5.35. The average Bonchev–Trinajstić information content (AvgIpc) is 2.90. The molecule has 7 nitrogen and oxygen atoms in total. The maximum absolute atomic E-state index is 12.5. The van der Waals surface area contributed by atoms with Gasteiger partial charge in [0.1, 0.15) is 5.78 Å². The maximum Gasteiger partial charge on any atom is 0.240 e. The van der Waals surface area contributed by atoms with Gasteiger partial charge in [-0.3, -0.25) is 9.59 Å². The van der Waals surface area contributed by atoms with E-state index in [0.717, 1.165) is 11.1 Å². The van der Waals surface area contributed by atoms with Crippen LogP contribution in [0.1, 0.15) is 25.0 Å². The van der Waals surface area contributed by atoms with Gasteiger partial charge in [0.15, 0.2) is 0 Å². The van der Waals surface area contributed by atoms with Gasteiger partial charge in [0.2, 0.25) is 15.9 Å². The fourth-order valence-corrected chi connectivity index (χ4v) is 3.73. The van der Waals surface area contributed by atoms with Gasteiger partial charge < -0.3 is 11.1 Å². The van der Waals surface area contributed by atoms with Crippen molar-refractivity contribution in [3.8, 4) is 0 Å². The van der Waals surface area contributed by atoms with E-state index in [1.165, 1.54) is 6.07 Å². The number of nitrogens with two attached hydrogens (primary N) is 1. The lowest BCUT2D eigenvalue weighted by molar-refractivity contribution is -0.120. The van der Waals surface area contributed by atoms with Gasteiger partial charge in [0.05, 0.1) is 11.4 Å². The monoisotopic (exact) mass is 353 g/mol. The standard InChI is InChI=1S/C16H23N3O4S/c1-16(2,9-18-15(21)8-17)10-19-24(22,23)14-4-3-11-5-13(20)6-12(11)7-14/h3-4,7,19H,5-6,8-10,17H2,1-2H3,(H,18,21). The first-order valence-electron chi connectivity index (χ1n) is 7.73. The van der Waals surface area contributed by atoms with Crippen molar-refractivity contribution in [3.05, 3.63) is 29.3 Å². The van der Waals surface area contributed by atoms with E-state index in [1.807, 2.05) is 13.8 Å². The summed E-state index contributed by atoms with van der Waals surface area (Å²) in [6, 6.07) is 4.77. The third kappa shape index (κ3) is 4.62. The first kappa shape index (κ1) is 18.6. The van der Waals surface area contributed by atoms with Crippen LogP contribution in [0.4, 0.5) is 0 Å². The molecule has 0 saturated heterocycles. The van der Waals surface area contributed by atoms with Crippen LogP contribution in [0.5, 0.6) is 0 Å². The number of carbonyl (C=O) groups is 2. The molecule has 8 heteroatoms. The Hall–Kier alpha value is -1.77. The minimum Gasteiger partial charge on any atom is -0.354 e. The quantitative estimate of drug-likeness (QED) is 0.624. The second kappa shape index (κ2) is 7.00. The number of fused-ring (bicyclic) bond motifs is 1. The fraction of sp³-hybridized carbons (Fsp3) is 0.500. The van der Waals surface area contributed by atoms with E-state index in [2.05, 4.69) is 10.0 Å². The highest BCUT2D eigenvalue weighted by atomic mass is 32.2. The van der Waals surface area contributed by atoms with E-state index >= 15 is 0 Å². The van der Waals surface area contributed by atoms with E-state index in [9.17, 15) is 18.0 Å². The SMILES string of the molecule is CC(C)(CNC(=O)CN)CNS(=O)(=O)c1ccc2c(c1)CC(=O)C2. The summed E-state index contributed by atoms with van der Waals surface area (Å²) in [5, 5.41) is 2.65. The number of amides is 1. The zero-order valence-electron chi connectivity index (χ0n) is 13.9. The number of Topliss-reactive ketones (excluding diaryl/α,β-unsaturated/α-hetero) is 1. The summed E-state index contributed by atoms with van der Waals surface area (Å²) < 4.78 is 27.5. The molecule has 1 aliphatic rings. The molecular formula is C16H23N3O4S. The van der Waals surface area contributed by atoms with E-state index in [4.69, 9.17) is 5.73 Å². The number of benzene rings is 1. The highest BCUT2D eigenvalue weighted by molar-refractivity contribution is 7.89. The third-order valence-electron chi connectivity index (χ3n) is 3.95. The molecule has 0 atom stereocenters. The lowest BCUT2D eigenvalue weighted by Crippen LogP contribution is -2.43. The largest absolute Gasteiger partial charge is 0.354 e. The van der Waals surface area contributed by atoms with E-state index < -0.39 is 15.4 Å². The van der Waals surface area contributed by atoms with Gasteiger partial charge in [-0.05, 0) is 28.7 Å². The molecule has 4 N–H and O–H groups in total. The Balaban J connectivity index is 2.02. The van der Waals surface area contributed by atoms with Crippen LogP contribution in [-0.2, 0) is 32.5 Å². The second-order valence-electron chi connectivity index (χ2n) is 6.79. The summed E-state index contributed by atoms with van der Waals surface area (Å²) in [5.41, 5.74) is 6.43. The molecule has 24 heavy (non-hydrogen) atoms. The molecule has 1 aromatic rings. The zero-order chi connectivity index (χ0) is 18.0. The molecule has 0 radical (unpaired) electrons. The molecule has 0 bridgehead atoms. The van der Waals surface area contributed by atoms with Gasteiger partial charge >= 0.3 is 0 Å². The van der Waals surface area contributed by atoms with Gasteiger partial charge in [0, 0.05) is 25.9 Å². The molecule has 0 fully saturated rings. The van der Waals surface area contributed by atoms with Crippen molar-refractivity contribution in [3.63, 3.8) is 0 Å². The number of ketones is 1. The van der Waals surface area contributed by atoms with Crippen LogP contribution < -0.4 is 15.8 Å². The molecule has 0 aliphatic heterocycles. The van der Waals surface area contributed by atoms with Crippen molar-refractivity contribution < 1.29 is 18.0 Å². The fourth-order valence-electron chi connectivity index (χ4n) is 2.44. The van der Waals surface area contributed by atoms with E-state index in [1.54, 1.807) is 12.1 Å². The van der Waals surface area contributed by atoms with Crippen LogP contribution in [0.2, 0.25) is 0 Å². The first-order chi connectivity index (χ1) is 11.1. The molecule has 1 amide bonds. The second-order valence-corrected chi connectivity index (χ2v) is 8.56. The highest BCUT2D eigenvalue weighted by Gasteiger charge is 2.25. The Morgan fingerprint density at radius 1 is 1.21 bits per heavy atom. The molecule has 0 aromatic heterocycles. The molecular weight excluding hydrogens is 330 g/mol. The van der Waals surface area contributed by atoms with Crippen LogP contribution in [0.15, 0.2) is 23.1 Å². The molecule has 2 rings (SSSR count). The van der Waals surface area contributed by atoms with Crippen molar-refractivity contribution in [2.45, 2.75) is 31.6 Å². The topological polar surface area (TPSA) is 118 Å². The lowest BCUT2D eigenvalue weighted by Gasteiger charge is -2.25. The predicted octanol–water partition coefficient (Wildman–Crippen LogP) is -0.266. The Bertz CT molecular complexity index is 757. The van der Waals surface area contributed by atoms with Crippen LogP contribution in [0, 0.1) is 5.41 Å². The number of carbonyl (C=O) groups excluding carboxylic acids is 2. The average molecular weight is 353 g/mol. The molecule has 1 aliphatic carbocycles. The van der Waals surface area contributed by atoms with Gasteiger partial charge in [-0.2, -0.15) is 0 Å². The summed E-state index contributed by atoms with van der Waals surface area (Å²) in [6.45, 7) is 4.05. The van der Waals surface area contributed by atoms with Crippen molar-refractivity contribution in [1.82, 2.24) is 10.0 Å². The number of hydrogen-bond donors (Lipinski definition) is 3. The Morgan fingerprint density at radius 3 is 2.54 bits per heavy atom. The highest BCUT2D eigenvalue weighted by Crippen LogP contribution is 2.23. The molecule has 0 saturated carbocycles. The Labute approximate surface area is 142 Å². The minimum atomic E-state index is -3.68. The minimum absolute atomic E-state index is 0.101. The van der Waals surface area contributed by atoms with Crippen molar-refractivity contribution in [2.75, 3.05) is 19.6 Å². The summed E-state index contributed by atoms with van der Waals surface area (Å²) in [6.07, 6.45) is 0.659. The number of sulfonamides is 1. The van der Waals surface area contributed by atoms with Gasteiger partial charge in [-0.25, -0.2) is 13.1 Å². The van der Waals surface area contributed by atoms with Crippen LogP contribution in [0.3, 0.4) is 0 Å². The van der Waals surface area contributed by atoms with E-state index in [0.29, 0.717) is 13.0 Å². The molecule has 0 unspecified atom stereocenters. The zero-order valence-corrected chi connectivity index (χ0v) is 14.7. The summed E-state index contributed by atoms with van der Waals surface area (Å²) in [5.74, 6) is -0.182. The number of hydrogen-bond acceptors (Lipinski definition) is 5. The van der Waals surface area contributed by atoms with Crippen LogP contribution in [-0.4, -0.2) is 39.7 Å². The molecule has 0 spiro atoms. The molecule has 1 aromatic carbocycles. The van der Waals surface area contributed by atoms with Crippen molar-refractivity contribution in [2.24, 2.45) is 11.1 Å². The number of nitrogens with one attached hydrogen (secondary N) is 2. The summed E-state index contributed by atoms with van der Waals surface area (Å²) in [4.78, 5) is 22.8. The van der Waals surface area contributed by atoms with Crippen molar-refractivity contribution >= 4 is 21.7 Å². The predicted molar refractivity (Wildman–Crippen MR) is 89.9 cm³/mol. The Kier molecular flexibility index (Phi) is 5.42. The first-order valence-corrected chi connectivity index (χ1v) is 9.21. The smallest absolute Gasteiger partial charge is 0.240 e. The van der Waals surface area contributed by atoms with Crippen molar-refractivity contribution in [1.29, 1.82) is 0 Å². The van der Waals surface area contributed by atoms with E-state index in [-0.39, 0.29) is 36.1 Å². The summed E-state index contributed by atoms with van der Waals surface area (Å²) >= 11 is 0. The molecule has 0 heterocycles. The normalized spacial score (nSPS) is 14.5.